The number of para-hydroxylation sites is 1. The third-order valence-corrected chi connectivity index (χ3v) is 4.26. The number of rotatable bonds is 3. The number of ketones is 1. The molecule has 3 aromatic carbocycles. The Balaban J connectivity index is 1.72. The number of carbonyl (C=O) groups excluding carboxylic acids is 1. The van der Waals surface area contributed by atoms with E-state index in [0.717, 1.165) is 21.9 Å². The summed E-state index contributed by atoms with van der Waals surface area (Å²) in [7, 11) is 0. The van der Waals surface area contributed by atoms with Gasteiger partial charge in [0.05, 0.1) is 11.1 Å². The third kappa shape index (κ3) is 2.76. The van der Waals surface area contributed by atoms with E-state index in [0.29, 0.717) is 10.9 Å². The summed E-state index contributed by atoms with van der Waals surface area (Å²) in [5.74, 6) is -0.212. The summed E-state index contributed by atoms with van der Waals surface area (Å²) in [5, 5.41) is 13.0. The third-order valence-electron chi connectivity index (χ3n) is 4.26. The van der Waals surface area contributed by atoms with Crippen molar-refractivity contribution in [2.75, 3.05) is 0 Å². The van der Waals surface area contributed by atoms with Crippen molar-refractivity contribution in [2.45, 2.75) is 0 Å². The normalized spacial score (nSPS) is 11.4. The molecule has 1 aromatic heterocycles. The SMILES string of the molecule is O=C(/C=C/c1ccnc2ccccc12)c1ccc2ccccc2c1O. The average molecular weight is 325 g/mol. The van der Waals surface area contributed by atoms with Crippen molar-refractivity contribution in [3.63, 3.8) is 0 Å². The summed E-state index contributed by atoms with van der Waals surface area (Å²) in [5.41, 5.74) is 2.10. The Labute approximate surface area is 144 Å². The maximum absolute atomic E-state index is 12.6. The van der Waals surface area contributed by atoms with Crippen molar-refractivity contribution in [3.8, 4) is 5.75 Å². The van der Waals surface area contributed by atoms with Crippen LogP contribution < -0.4 is 0 Å². The fraction of sp³-hybridized carbons (Fsp3) is 0. The van der Waals surface area contributed by atoms with Crippen molar-refractivity contribution in [3.05, 3.63) is 90.1 Å². The van der Waals surface area contributed by atoms with Crippen molar-refractivity contribution < 1.29 is 9.90 Å². The fourth-order valence-corrected chi connectivity index (χ4v) is 2.97. The Kier molecular flexibility index (Phi) is 3.75. The van der Waals surface area contributed by atoms with Crippen molar-refractivity contribution in [1.29, 1.82) is 0 Å². The van der Waals surface area contributed by atoms with E-state index in [4.69, 9.17) is 0 Å². The summed E-state index contributed by atoms with van der Waals surface area (Å²) in [6.07, 6.45) is 4.98. The van der Waals surface area contributed by atoms with Crippen LogP contribution in [0, 0.1) is 0 Å². The van der Waals surface area contributed by atoms with Crippen LogP contribution in [-0.4, -0.2) is 15.9 Å². The number of phenols is 1. The van der Waals surface area contributed by atoms with E-state index >= 15 is 0 Å². The largest absolute Gasteiger partial charge is 0.507 e. The van der Waals surface area contributed by atoms with Gasteiger partial charge in [-0.15, -0.1) is 0 Å². The predicted molar refractivity (Wildman–Crippen MR) is 101 cm³/mol. The highest BCUT2D eigenvalue weighted by Crippen LogP contribution is 2.29. The number of carbonyl (C=O) groups is 1. The van der Waals surface area contributed by atoms with E-state index in [1.54, 1.807) is 18.3 Å². The lowest BCUT2D eigenvalue weighted by molar-refractivity contribution is 0.104. The molecular formula is C22H15NO2. The van der Waals surface area contributed by atoms with Crippen LogP contribution in [-0.2, 0) is 0 Å². The quantitative estimate of drug-likeness (QED) is 0.426. The van der Waals surface area contributed by atoms with Gasteiger partial charge in [0, 0.05) is 17.0 Å². The van der Waals surface area contributed by atoms with E-state index in [-0.39, 0.29) is 11.5 Å². The molecule has 0 fully saturated rings. The second-order valence-corrected chi connectivity index (χ2v) is 5.80. The molecule has 4 aromatic rings. The van der Waals surface area contributed by atoms with Gasteiger partial charge in [0.25, 0.3) is 0 Å². The highest BCUT2D eigenvalue weighted by molar-refractivity contribution is 6.12. The second-order valence-electron chi connectivity index (χ2n) is 5.80. The average Bonchev–Trinajstić information content (AvgIpc) is 2.66. The van der Waals surface area contributed by atoms with Crippen molar-refractivity contribution >= 4 is 33.5 Å². The number of aromatic nitrogens is 1. The lowest BCUT2D eigenvalue weighted by atomic mass is 10.0. The molecule has 25 heavy (non-hydrogen) atoms. The Morgan fingerprint density at radius 2 is 1.64 bits per heavy atom. The van der Waals surface area contributed by atoms with Crippen LogP contribution in [0.2, 0.25) is 0 Å². The molecule has 1 heterocycles. The molecule has 1 N–H and O–H groups in total. The van der Waals surface area contributed by atoms with Gasteiger partial charge in [-0.05, 0) is 35.2 Å². The van der Waals surface area contributed by atoms with Gasteiger partial charge in [0.15, 0.2) is 5.78 Å². The molecule has 0 saturated heterocycles. The summed E-state index contributed by atoms with van der Waals surface area (Å²) < 4.78 is 0. The summed E-state index contributed by atoms with van der Waals surface area (Å²) in [6.45, 7) is 0. The number of benzene rings is 3. The molecule has 0 aliphatic heterocycles. The van der Waals surface area contributed by atoms with Crippen LogP contribution in [0.1, 0.15) is 15.9 Å². The zero-order valence-electron chi connectivity index (χ0n) is 13.4. The maximum Gasteiger partial charge on any atom is 0.189 e. The molecule has 0 bridgehead atoms. The van der Waals surface area contributed by atoms with E-state index in [2.05, 4.69) is 4.98 Å². The molecule has 3 nitrogen and oxygen atoms in total. The van der Waals surface area contributed by atoms with E-state index in [1.807, 2.05) is 60.7 Å². The molecular weight excluding hydrogens is 310 g/mol. The fourth-order valence-electron chi connectivity index (χ4n) is 2.97. The lowest BCUT2D eigenvalue weighted by Crippen LogP contribution is -1.95. The van der Waals surface area contributed by atoms with Gasteiger partial charge in [-0.3, -0.25) is 9.78 Å². The first-order valence-corrected chi connectivity index (χ1v) is 8.01. The van der Waals surface area contributed by atoms with Gasteiger partial charge in [-0.2, -0.15) is 0 Å². The van der Waals surface area contributed by atoms with Crippen molar-refractivity contribution in [2.24, 2.45) is 0 Å². The Morgan fingerprint density at radius 3 is 2.52 bits per heavy atom. The van der Waals surface area contributed by atoms with Crippen molar-refractivity contribution in [1.82, 2.24) is 4.98 Å². The first-order chi connectivity index (χ1) is 12.2. The first-order valence-electron chi connectivity index (χ1n) is 8.01. The summed E-state index contributed by atoms with van der Waals surface area (Å²) >= 11 is 0. The highest BCUT2D eigenvalue weighted by atomic mass is 16.3. The minimum Gasteiger partial charge on any atom is -0.507 e. The number of allylic oxidation sites excluding steroid dienone is 1. The standard InChI is InChI=1S/C22H15NO2/c24-21(19-11-9-15-5-1-2-7-18(15)22(19)25)12-10-16-13-14-23-20-8-4-3-6-17(16)20/h1-14,25H/b12-10+. The van der Waals surface area contributed by atoms with Gasteiger partial charge in [-0.25, -0.2) is 0 Å². The van der Waals surface area contributed by atoms with E-state index in [1.165, 1.54) is 6.08 Å². The smallest absolute Gasteiger partial charge is 0.189 e. The molecule has 0 aliphatic carbocycles. The molecule has 0 amide bonds. The summed E-state index contributed by atoms with van der Waals surface area (Å²) in [4.78, 5) is 16.9. The van der Waals surface area contributed by atoms with Gasteiger partial charge in [0.2, 0.25) is 0 Å². The molecule has 0 unspecified atom stereocenters. The molecule has 0 saturated carbocycles. The van der Waals surface area contributed by atoms with Gasteiger partial charge in [0.1, 0.15) is 5.75 Å². The minimum absolute atomic E-state index is 0.0207. The number of pyridine rings is 1. The van der Waals surface area contributed by atoms with Crippen LogP contribution in [0.25, 0.3) is 27.8 Å². The van der Waals surface area contributed by atoms with E-state index < -0.39 is 0 Å². The molecule has 120 valence electrons. The summed E-state index contributed by atoms with van der Waals surface area (Å²) in [6, 6.07) is 20.6. The molecule has 0 atom stereocenters. The number of nitrogens with zero attached hydrogens (tertiary/aromatic N) is 1. The van der Waals surface area contributed by atoms with Gasteiger partial charge < -0.3 is 5.11 Å². The monoisotopic (exact) mass is 325 g/mol. The molecule has 4 rings (SSSR count). The Morgan fingerprint density at radius 1 is 0.880 bits per heavy atom. The predicted octanol–water partition coefficient (Wildman–Crippen LogP) is 4.99. The number of aromatic hydroxyl groups is 1. The maximum atomic E-state index is 12.6. The van der Waals surface area contributed by atoms with E-state index in [9.17, 15) is 9.90 Å². The lowest BCUT2D eigenvalue weighted by Gasteiger charge is -2.05. The zero-order chi connectivity index (χ0) is 17.2. The number of phenolic OH excluding ortho intramolecular Hbond substituents is 1. The number of hydrogen-bond acceptors (Lipinski definition) is 3. The Hall–Kier alpha value is -3.46. The van der Waals surface area contributed by atoms with Crippen LogP contribution in [0.15, 0.2) is 79.0 Å². The Bertz CT molecular complexity index is 1120. The number of fused-ring (bicyclic) bond motifs is 2. The van der Waals surface area contributed by atoms with Crippen LogP contribution in [0.3, 0.4) is 0 Å². The topological polar surface area (TPSA) is 50.2 Å². The molecule has 0 spiro atoms. The van der Waals surface area contributed by atoms with Crippen LogP contribution in [0.5, 0.6) is 5.75 Å². The molecule has 0 radical (unpaired) electrons. The highest BCUT2D eigenvalue weighted by Gasteiger charge is 2.11. The first kappa shape index (κ1) is 15.1. The van der Waals surface area contributed by atoms with Gasteiger partial charge in [-0.1, -0.05) is 54.6 Å². The second kappa shape index (κ2) is 6.21. The minimum atomic E-state index is -0.232. The molecule has 0 aliphatic rings. The number of hydrogen-bond donors (Lipinski definition) is 1. The van der Waals surface area contributed by atoms with Crippen LogP contribution in [0.4, 0.5) is 0 Å². The van der Waals surface area contributed by atoms with Crippen LogP contribution >= 0.6 is 0 Å². The zero-order valence-corrected chi connectivity index (χ0v) is 13.4. The van der Waals surface area contributed by atoms with Gasteiger partial charge >= 0.3 is 0 Å². The molecule has 3 heteroatoms.